The smallest absolute Gasteiger partial charge is 0.0128 e. The van der Waals surface area contributed by atoms with Gasteiger partial charge >= 0.3 is 0 Å². The molecule has 1 heteroatoms. The molecule has 0 aliphatic carbocycles. The Morgan fingerprint density at radius 2 is 1.90 bits per heavy atom. The van der Waals surface area contributed by atoms with E-state index in [4.69, 9.17) is 0 Å². The molecule has 2 unspecified atom stereocenters. The van der Waals surface area contributed by atoms with Crippen molar-refractivity contribution in [3.63, 3.8) is 0 Å². The highest BCUT2D eigenvalue weighted by Crippen LogP contribution is 2.24. The highest BCUT2D eigenvalue weighted by Gasteiger charge is 2.22. The van der Waals surface area contributed by atoms with Crippen molar-refractivity contribution in [1.29, 1.82) is 0 Å². The van der Waals surface area contributed by atoms with Gasteiger partial charge in [-0.25, -0.2) is 0 Å². The van der Waals surface area contributed by atoms with Gasteiger partial charge in [0.05, 0.1) is 0 Å². The molecule has 21 heavy (non-hydrogen) atoms. The third-order valence-electron chi connectivity index (χ3n) is 4.57. The van der Waals surface area contributed by atoms with Gasteiger partial charge in [0, 0.05) is 12.1 Å². The summed E-state index contributed by atoms with van der Waals surface area (Å²) in [4.78, 5) is 0. The van der Waals surface area contributed by atoms with Crippen LogP contribution in [-0.2, 0) is 0 Å². The summed E-state index contributed by atoms with van der Waals surface area (Å²) in [5, 5.41) is 3.80. The summed E-state index contributed by atoms with van der Waals surface area (Å²) in [6.07, 6.45) is 5.23. The standard InChI is InChI=1S/C20H35N/c1-7-10-18(8-2)14-20(5,6)21-15-17(4)19-12-9-11-16(3)13-19/h9,11-13,17-18,21H,7-8,10,14-15H2,1-6H3. The Balaban J connectivity index is 2.52. The first-order chi connectivity index (χ1) is 9.88. The van der Waals surface area contributed by atoms with E-state index in [9.17, 15) is 0 Å². The Kier molecular flexibility index (Phi) is 7.45. The van der Waals surface area contributed by atoms with Gasteiger partial charge in [-0.3, -0.25) is 0 Å². The largest absolute Gasteiger partial charge is 0.311 e. The van der Waals surface area contributed by atoms with E-state index in [1.54, 1.807) is 0 Å². The molecule has 0 aliphatic rings. The Bertz CT molecular complexity index is 408. The molecule has 0 spiro atoms. The zero-order valence-corrected chi connectivity index (χ0v) is 15.0. The van der Waals surface area contributed by atoms with E-state index in [0.717, 1.165) is 12.5 Å². The molecule has 0 aromatic heterocycles. The molecule has 1 aromatic rings. The molecular weight excluding hydrogens is 254 g/mol. The SMILES string of the molecule is CCCC(CC)CC(C)(C)NCC(C)c1cccc(C)c1. The van der Waals surface area contributed by atoms with Gasteiger partial charge in [-0.05, 0) is 44.6 Å². The van der Waals surface area contributed by atoms with Crippen LogP contribution in [-0.4, -0.2) is 12.1 Å². The fraction of sp³-hybridized carbons (Fsp3) is 0.700. The molecule has 120 valence electrons. The van der Waals surface area contributed by atoms with Gasteiger partial charge in [0.25, 0.3) is 0 Å². The summed E-state index contributed by atoms with van der Waals surface area (Å²) in [5.74, 6) is 1.42. The Morgan fingerprint density at radius 3 is 2.48 bits per heavy atom. The third kappa shape index (κ3) is 6.65. The van der Waals surface area contributed by atoms with Gasteiger partial charge < -0.3 is 5.32 Å². The summed E-state index contributed by atoms with van der Waals surface area (Å²) < 4.78 is 0. The maximum absolute atomic E-state index is 3.80. The molecular formula is C20H35N. The Hall–Kier alpha value is -0.820. The molecule has 1 aromatic carbocycles. The lowest BCUT2D eigenvalue weighted by atomic mass is 9.85. The third-order valence-corrected chi connectivity index (χ3v) is 4.57. The van der Waals surface area contributed by atoms with E-state index in [-0.39, 0.29) is 5.54 Å². The van der Waals surface area contributed by atoms with Crippen LogP contribution in [0.1, 0.15) is 77.3 Å². The van der Waals surface area contributed by atoms with Crippen LogP contribution in [0.25, 0.3) is 0 Å². The number of nitrogens with one attached hydrogen (secondary N) is 1. The second-order valence-corrected chi connectivity index (χ2v) is 7.35. The molecule has 0 fully saturated rings. The number of rotatable bonds is 9. The van der Waals surface area contributed by atoms with Crippen molar-refractivity contribution in [1.82, 2.24) is 5.32 Å². The molecule has 1 N–H and O–H groups in total. The minimum absolute atomic E-state index is 0.230. The maximum Gasteiger partial charge on any atom is 0.0128 e. The van der Waals surface area contributed by atoms with E-state index < -0.39 is 0 Å². The molecule has 0 saturated carbocycles. The lowest BCUT2D eigenvalue weighted by Crippen LogP contribution is -2.42. The van der Waals surface area contributed by atoms with Gasteiger partial charge in [0.2, 0.25) is 0 Å². The summed E-state index contributed by atoms with van der Waals surface area (Å²) in [5.41, 5.74) is 3.03. The summed E-state index contributed by atoms with van der Waals surface area (Å²) >= 11 is 0. The predicted octanol–water partition coefficient (Wildman–Crippen LogP) is 5.68. The van der Waals surface area contributed by atoms with Crippen LogP contribution >= 0.6 is 0 Å². The van der Waals surface area contributed by atoms with Gasteiger partial charge in [0.1, 0.15) is 0 Å². The van der Waals surface area contributed by atoms with Crippen molar-refractivity contribution in [2.24, 2.45) is 5.92 Å². The van der Waals surface area contributed by atoms with E-state index >= 15 is 0 Å². The maximum atomic E-state index is 3.80. The first-order valence-electron chi connectivity index (χ1n) is 8.69. The zero-order valence-electron chi connectivity index (χ0n) is 15.0. The molecule has 1 nitrogen and oxygen atoms in total. The topological polar surface area (TPSA) is 12.0 Å². The van der Waals surface area contributed by atoms with Crippen molar-refractivity contribution in [2.45, 2.75) is 78.7 Å². The highest BCUT2D eigenvalue weighted by atomic mass is 15.0. The van der Waals surface area contributed by atoms with E-state index in [2.05, 4.69) is 71.1 Å². The lowest BCUT2D eigenvalue weighted by Gasteiger charge is -2.32. The molecule has 2 atom stereocenters. The van der Waals surface area contributed by atoms with Crippen molar-refractivity contribution in [3.8, 4) is 0 Å². The van der Waals surface area contributed by atoms with Gasteiger partial charge in [0.15, 0.2) is 0 Å². The Labute approximate surface area is 132 Å². The van der Waals surface area contributed by atoms with Gasteiger partial charge in [-0.2, -0.15) is 0 Å². The molecule has 0 amide bonds. The summed E-state index contributed by atoms with van der Waals surface area (Å²) in [6.45, 7) is 14.9. The summed E-state index contributed by atoms with van der Waals surface area (Å²) in [6, 6.07) is 8.90. The quantitative estimate of drug-likeness (QED) is 0.616. The average molecular weight is 290 g/mol. The highest BCUT2D eigenvalue weighted by molar-refractivity contribution is 5.25. The van der Waals surface area contributed by atoms with Gasteiger partial charge in [-0.1, -0.05) is 69.9 Å². The van der Waals surface area contributed by atoms with Crippen LogP contribution in [0, 0.1) is 12.8 Å². The van der Waals surface area contributed by atoms with Crippen molar-refractivity contribution in [3.05, 3.63) is 35.4 Å². The van der Waals surface area contributed by atoms with Crippen LogP contribution in [0.5, 0.6) is 0 Å². The number of benzene rings is 1. The van der Waals surface area contributed by atoms with Crippen LogP contribution < -0.4 is 5.32 Å². The molecule has 0 saturated heterocycles. The van der Waals surface area contributed by atoms with Crippen molar-refractivity contribution in [2.75, 3.05) is 6.54 Å². The number of aryl methyl sites for hydroxylation is 1. The molecule has 0 heterocycles. The van der Waals surface area contributed by atoms with Crippen molar-refractivity contribution >= 4 is 0 Å². The van der Waals surface area contributed by atoms with Crippen LogP contribution in [0.4, 0.5) is 0 Å². The van der Waals surface area contributed by atoms with Crippen LogP contribution in [0.2, 0.25) is 0 Å². The van der Waals surface area contributed by atoms with E-state index in [1.165, 1.54) is 36.8 Å². The van der Waals surface area contributed by atoms with Crippen LogP contribution in [0.15, 0.2) is 24.3 Å². The second-order valence-electron chi connectivity index (χ2n) is 7.35. The average Bonchev–Trinajstić information content (AvgIpc) is 2.44. The monoisotopic (exact) mass is 289 g/mol. The second kappa shape index (κ2) is 8.58. The molecule has 1 rings (SSSR count). The number of hydrogen-bond donors (Lipinski definition) is 1. The first-order valence-corrected chi connectivity index (χ1v) is 8.69. The Morgan fingerprint density at radius 1 is 1.19 bits per heavy atom. The van der Waals surface area contributed by atoms with Gasteiger partial charge in [-0.15, -0.1) is 0 Å². The number of hydrogen-bond acceptors (Lipinski definition) is 1. The molecule has 0 aliphatic heterocycles. The normalized spacial score (nSPS) is 15.0. The fourth-order valence-electron chi connectivity index (χ4n) is 3.18. The predicted molar refractivity (Wildman–Crippen MR) is 95.0 cm³/mol. The molecule has 0 radical (unpaired) electrons. The zero-order chi connectivity index (χ0) is 15.9. The fourth-order valence-corrected chi connectivity index (χ4v) is 3.18. The minimum atomic E-state index is 0.230. The first kappa shape index (κ1) is 18.2. The molecule has 0 bridgehead atoms. The summed E-state index contributed by atoms with van der Waals surface area (Å²) in [7, 11) is 0. The minimum Gasteiger partial charge on any atom is -0.311 e. The lowest BCUT2D eigenvalue weighted by molar-refractivity contribution is 0.276. The van der Waals surface area contributed by atoms with Crippen LogP contribution in [0.3, 0.4) is 0 Å². The van der Waals surface area contributed by atoms with E-state index in [0.29, 0.717) is 5.92 Å². The van der Waals surface area contributed by atoms with E-state index in [1.807, 2.05) is 0 Å². The van der Waals surface area contributed by atoms with Crippen molar-refractivity contribution < 1.29 is 0 Å².